The van der Waals surface area contributed by atoms with E-state index in [2.05, 4.69) is 44.6 Å². The summed E-state index contributed by atoms with van der Waals surface area (Å²) in [6, 6.07) is 7.08. The van der Waals surface area contributed by atoms with Crippen LogP contribution in [0.25, 0.3) is 0 Å². The Balaban J connectivity index is 2.25. The highest BCUT2D eigenvalue weighted by molar-refractivity contribution is 7.89. The van der Waals surface area contributed by atoms with Gasteiger partial charge in [-0.1, -0.05) is 76.1 Å². The van der Waals surface area contributed by atoms with Gasteiger partial charge in [0, 0.05) is 0 Å². The minimum atomic E-state index is -3.56. The number of allylic oxidation sites excluding steroid dienone is 3. The molecule has 0 radical (unpaired) electrons. The molecule has 28 heavy (non-hydrogen) atoms. The van der Waals surface area contributed by atoms with Gasteiger partial charge in [-0.25, -0.2) is 13.1 Å². The van der Waals surface area contributed by atoms with Gasteiger partial charge in [0.1, 0.15) is 0 Å². The van der Waals surface area contributed by atoms with E-state index in [-0.39, 0.29) is 5.41 Å². The maximum atomic E-state index is 13.1. The Hall–Kier alpha value is -1.39. The fourth-order valence-corrected chi connectivity index (χ4v) is 5.35. The average Bonchev–Trinajstić information content (AvgIpc) is 2.61. The van der Waals surface area contributed by atoms with Crippen molar-refractivity contribution in [2.45, 2.75) is 83.6 Å². The number of sulfonamides is 1. The third kappa shape index (κ3) is 6.31. The molecular formula is C24H37NO2S. The van der Waals surface area contributed by atoms with E-state index in [4.69, 9.17) is 0 Å². The summed E-state index contributed by atoms with van der Waals surface area (Å²) in [4.78, 5) is 0.338. The van der Waals surface area contributed by atoms with Gasteiger partial charge >= 0.3 is 0 Å². The lowest BCUT2D eigenvalue weighted by molar-refractivity contribution is 0.145. The molecule has 0 aromatic heterocycles. The molecule has 0 amide bonds. The van der Waals surface area contributed by atoms with Crippen molar-refractivity contribution in [3.05, 3.63) is 54.1 Å². The van der Waals surface area contributed by atoms with Crippen LogP contribution in [0.15, 0.2) is 53.5 Å². The van der Waals surface area contributed by atoms with Crippen molar-refractivity contribution >= 4 is 10.0 Å². The van der Waals surface area contributed by atoms with Crippen LogP contribution in [0.4, 0.5) is 0 Å². The van der Waals surface area contributed by atoms with E-state index in [0.29, 0.717) is 10.8 Å². The van der Waals surface area contributed by atoms with Crippen molar-refractivity contribution in [3.8, 4) is 0 Å². The summed E-state index contributed by atoms with van der Waals surface area (Å²) in [7, 11) is -3.56. The molecule has 3 nitrogen and oxygen atoms in total. The SMILES string of the molecule is CCC/C=C/C=C/C1(NS(=O)(=O)c2ccc(C)cc2)CCC(C(C)(C)C)CC1. The fraction of sp³-hybridized carbons (Fsp3) is 0.583. The number of benzene rings is 1. The van der Waals surface area contributed by atoms with Gasteiger partial charge in [0.25, 0.3) is 0 Å². The first-order valence-electron chi connectivity index (χ1n) is 10.5. The summed E-state index contributed by atoms with van der Waals surface area (Å²) in [6.45, 7) is 11.0. The summed E-state index contributed by atoms with van der Waals surface area (Å²) in [5, 5.41) is 0. The number of rotatable bonds is 7. The molecule has 0 bridgehead atoms. The topological polar surface area (TPSA) is 46.2 Å². The number of nitrogens with one attached hydrogen (secondary N) is 1. The van der Waals surface area contributed by atoms with Crippen LogP contribution in [0.3, 0.4) is 0 Å². The molecular weight excluding hydrogens is 366 g/mol. The molecule has 0 aliphatic heterocycles. The summed E-state index contributed by atoms with van der Waals surface area (Å²) in [6.07, 6.45) is 14.2. The number of hydrogen-bond acceptors (Lipinski definition) is 2. The molecule has 1 aromatic rings. The van der Waals surface area contributed by atoms with Crippen LogP contribution >= 0.6 is 0 Å². The first kappa shape index (κ1) is 22.9. The Morgan fingerprint density at radius 1 is 1.11 bits per heavy atom. The van der Waals surface area contributed by atoms with Crippen LogP contribution in [0.2, 0.25) is 0 Å². The lowest BCUT2D eigenvalue weighted by atomic mass is 9.67. The van der Waals surface area contributed by atoms with Crippen LogP contribution in [-0.4, -0.2) is 14.0 Å². The highest BCUT2D eigenvalue weighted by Gasteiger charge is 2.39. The Labute approximate surface area is 172 Å². The highest BCUT2D eigenvalue weighted by atomic mass is 32.2. The second kappa shape index (κ2) is 9.41. The maximum Gasteiger partial charge on any atom is 0.241 e. The van der Waals surface area contributed by atoms with E-state index in [1.165, 1.54) is 0 Å². The first-order chi connectivity index (χ1) is 13.1. The Morgan fingerprint density at radius 3 is 2.25 bits per heavy atom. The van der Waals surface area contributed by atoms with Crippen molar-refractivity contribution < 1.29 is 8.42 Å². The summed E-state index contributed by atoms with van der Waals surface area (Å²) >= 11 is 0. The van der Waals surface area contributed by atoms with Crippen LogP contribution in [-0.2, 0) is 10.0 Å². The molecule has 156 valence electrons. The zero-order chi connectivity index (χ0) is 20.8. The van der Waals surface area contributed by atoms with Crippen LogP contribution < -0.4 is 4.72 Å². The van der Waals surface area contributed by atoms with Crippen molar-refractivity contribution in [1.82, 2.24) is 4.72 Å². The zero-order valence-corrected chi connectivity index (χ0v) is 19.0. The third-order valence-corrected chi connectivity index (χ3v) is 7.46. The summed E-state index contributed by atoms with van der Waals surface area (Å²) in [5.41, 5.74) is 0.801. The molecule has 2 rings (SSSR count). The first-order valence-corrected chi connectivity index (χ1v) is 12.0. The molecule has 4 heteroatoms. The third-order valence-electron chi connectivity index (χ3n) is 5.89. The lowest BCUT2D eigenvalue weighted by Crippen LogP contribution is -2.50. The van der Waals surface area contributed by atoms with Crippen LogP contribution in [0.5, 0.6) is 0 Å². The van der Waals surface area contributed by atoms with E-state index in [1.54, 1.807) is 12.1 Å². The van der Waals surface area contributed by atoms with Crippen molar-refractivity contribution in [1.29, 1.82) is 0 Å². The average molecular weight is 404 g/mol. The zero-order valence-electron chi connectivity index (χ0n) is 18.2. The summed E-state index contributed by atoms with van der Waals surface area (Å²) < 4.78 is 29.2. The van der Waals surface area contributed by atoms with Crippen molar-refractivity contribution in [3.63, 3.8) is 0 Å². The molecule has 0 spiro atoms. The van der Waals surface area contributed by atoms with Gasteiger partial charge < -0.3 is 0 Å². The molecule has 1 N–H and O–H groups in total. The molecule has 0 atom stereocenters. The standard InChI is InChI=1S/C24H37NO2S/c1-6-7-8-9-10-17-24(18-15-21(16-19-24)23(3,4)5)25-28(26,27)22-13-11-20(2)12-14-22/h8-14,17,21,25H,6-7,15-16,18-19H2,1-5H3/b9-8+,17-10+. The highest BCUT2D eigenvalue weighted by Crippen LogP contribution is 2.42. The lowest BCUT2D eigenvalue weighted by Gasteiger charge is -2.43. The van der Waals surface area contributed by atoms with E-state index >= 15 is 0 Å². The van der Waals surface area contributed by atoms with Gasteiger partial charge in [0.15, 0.2) is 0 Å². The normalized spacial score (nSPS) is 24.2. The van der Waals surface area contributed by atoms with E-state index in [0.717, 1.165) is 44.1 Å². The van der Waals surface area contributed by atoms with E-state index in [9.17, 15) is 8.42 Å². The Morgan fingerprint density at radius 2 is 1.71 bits per heavy atom. The van der Waals surface area contributed by atoms with Gasteiger partial charge in [-0.2, -0.15) is 0 Å². The van der Waals surface area contributed by atoms with E-state index < -0.39 is 15.6 Å². The molecule has 0 unspecified atom stereocenters. The fourth-order valence-electron chi connectivity index (χ4n) is 3.93. The number of hydrogen-bond donors (Lipinski definition) is 1. The van der Waals surface area contributed by atoms with Crippen LogP contribution in [0.1, 0.15) is 71.8 Å². The van der Waals surface area contributed by atoms with Crippen molar-refractivity contribution in [2.75, 3.05) is 0 Å². The number of aryl methyl sites for hydroxylation is 1. The molecule has 1 fully saturated rings. The minimum Gasteiger partial charge on any atom is -0.207 e. The molecule has 0 heterocycles. The second-order valence-electron chi connectivity index (χ2n) is 9.29. The van der Waals surface area contributed by atoms with Gasteiger partial charge in [-0.05, 0) is 62.5 Å². The van der Waals surface area contributed by atoms with Gasteiger partial charge in [-0.15, -0.1) is 0 Å². The molecule has 1 saturated carbocycles. The molecule has 1 aliphatic rings. The van der Waals surface area contributed by atoms with Gasteiger partial charge in [0.05, 0.1) is 10.4 Å². The summed E-state index contributed by atoms with van der Waals surface area (Å²) in [5.74, 6) is 0.619. The number of unbranched alkanes of at least 4 members (excludes halogenated alkanes) is 1. The van der Waals surface area contributed by atoms with E-state index in [1.807, 2.05) is 31.2 Å². The Kier molecular flexibility index (Phi) is 7.69. The molecule has 0 saturated heterocycles. The molecule has 1 aromatic carbocycles. The predicted molar refractivity (Wildman–Crippen MR) is 119 cm³/mol. The van der Waals surface area contributed by atoms with Crippen molar-refractivity contribution in [2.24, 2.45) is 11.3 Å². The minimum absolute atomic E-state index is 0.257. The largest absolute Gasteiger partial charge is 0.241 e. The van der Waals surface area contributed by atoms with Gasteiger partial charge in [-0.3, -0.25) is 0 Å². The Bertz CT molecular complexity index is 775. The maximum absolute atomic E-state index is 13.1. The van der Waals surface area contributed by atoms with Crippen LogP contribution in [0, 0.1) is 18.3 Å². The second-order valence-corrected chi connectivity index (χ2v) is 11.0. The monoisotopic (exact) mass is 403 g/mol. The quantitative estimate of drug-likeness (QED) is 0.554. The smallest absolute Gasteiger partial charge is 0.207 e. The van der Waals surface area contributed by atoms with Gasteiger partial charge in [0.2, 0.25) is 10.0 Å². The predicted octanol–water partition coefficient (Wildman–Crippen LogP) is 6.16. The molecule has 1 aliphatic carbocycles.